The standard InChI is InChI=1S/C20H23N5O2/c1-12(2)27-18-8-5-15(10-23-18)9-21-17-7-6-16(11-22-17)19-24-14(4)13(3)20(26)25-19/h5-8,10-12H,9H2,1-4H3,(H,21,22)(H,24,25,26). The summed E-state index contributed by atoms with van der Waals surface area (Å²) in [5.41, 5.74) is 3.00. The van der Waals surface area contributed by atoms with E-state index in [4.69, 9.17) is 4.74 Å². The first-order valence-corrected chi connectivity index (χ1v) is 8.82. The number of ether oxygens (including phenoxy) is 1. The van der Waals surface area contributed by atoms with Crippen LogP contribution in [0.2, 0.25) is 0 Å². The second kappa shape index (κ2) is 7.99. The van der Waals surface area contributed by atoms with Crippen molar-refractivity contribution in [3.05, 3.63) is 63.8 Å². The van der Waals surface area contributed by atoms with Crippen LogP contribution in [0.15, 0.2) is 41.5 Å². The van der Waals surface area contributed by atoms with E-state index in [0.717, 1.165) is 16.9 Å². The molecule has 0 aliphatic heterocycles. The molecule has 0 aliphatic rings. The summed E-state index contributed by atoms with van der Waals surface area (Å²) >= 11 is 0. The van der Waals surface area contributed by atoms with E-state index in [-0.39, 0.29) is 11.7 Å². The van der Waals surface area contributed by atoms with E-state index >= 15 is 0 Å². The maximum Gasteiger partial charge on any atom is 0.254 e. The number of anilines is 1. The number of nitrogens with zero attached hydrogens (tertiary/aromatic N) is 3. The van der Waals surface area contributed by atoms with Gasteiger partial charge in [0.2, 0.25) is 5.88 Å². The van der Waals surface area contributed by atoms with E-state index in [1.807, 2.05) is 45.0 Å². The highest BCUT2D eigenvalue weighted by Gasteiger charge is 2.07. The van der Waals surface area contributed by atoms with Crippen LogP contribution in [0.1, 0.15) is 30.7 Å². The largest absolute Gasteiger partial charge is 0.475 e. The number of aryl methyl sites for hydroxylation is 1. The highest BCUT2D eigenvalue weighted by molar-refractivity contribution is 5.56. The summed E-state index contributed by atoms with van der Waals surface area (Å²) in [4.78, 5) is 27.8. The zero-order valence-corrected chi connectivity index (χ0v) is 15.9. The molecule has 3 aromatic rings. The average Bonchev–Trinajstić information content (AvgIpc) is 2.65. The van der Waals surface area contributed by atoms with Gasteiger partial charge in [-0.1, -0.05) is 6.07 Å². The predicted octanol–water partition coefficient (Wildman–Crippen LogP) is 3.24. The lowest BCUT2D eigenvalue weighted by molar-refractivity contribution is 0.232. The Balaban J connectivity index is 1.65. The third kappa shape index (κ3) is 4.69. The van der Waals surface area contributed by atoms with Crippen molar-refractivity contribution < 1.29 is 4.74 Å². The number of hydrogen-bond donors (Lipinski definition) is 2. The molecule has 3 rings (SSSR count). The predicted molar refractivity (Wildman–Crippen MR) is 105 cm³/mol. The van der Waals surface area contributed by atoms with Crippen molar-refractivity contribution >= 4 is 5.82 Å². The molecule has 0 fully saturated rings. The van der Waals surface area contributed by atoms with Crippen LogP contribution in [-0.2, 0) is 6.54 Å². The zero-order chi connectivity index (χ0) is 19.4. The fraction of sp³-hybridized carbons (Fsp3) is 0.300. The van der Waals surface area contributed by atoms with Crippen LogP contribution >= 0.6 is 0 Å². The van der Waals surface area contributed by atoms with Gasteiger partial charge in [-0.05, 0) is 45.4 Å². The van der Waals surface area contributed by atoms with E-state index in [0.29, 0.717) is 29.5 Å². The van der Waals surface area contributed by atoms with Crippen LogP contribution in [0.3, 0.4) is 0 Å². The molecule has 0 amide bonds. The molecule has 0 radical (unpaired) electrons. The highest BCUT2D eigenvalue weighted by Crippen LogP contribution is 2.16. The molecule has 7 nitrogen and oxygen atoms in total. The molecule has 140 valence electrons. The summed E-state index contributed by atoms with van der Waals surface area (Å²) in [6.45, 7) is 8.11. The molecule has 0 saturated heterocycles. The van der Waals surface area contributed by atoms with Gasteiger partial charge in [-0.3, -0.25) is 4.79 Å². The van der Waals surface area contributed by atoms with Crippen molar-refractivity contribution in [3.8, 4) is 17.3 Å². The van der Waals surface area contributed by atoms with Crippen molar-refractivity contribution in [3.63, 3.8) is 0 Å². The normalized spacial score (nSPS) is 10.9. The molecular formula is C20H23N5O2. The number of H-pyrrole nitrogens is 1. The van der Waals surface area contributed by atoms with Crippen molar-refractivity contribution in [1.29, 1.82) is 0 Å². The van der Waals surface area contributed by atoms with Gasteiger partial charge < -0.3 is 15.0 Å². The number of pyridine rings is 2. The molecule has 0 aliphatic carbocycles. The maximum absolute atomic E-state index is 11.9. The summed E-state index contributed by atoms with van der Waals surface area (Å²) < 4.78 is 5.54. The second-order valence-electron chi connectivity index (χ2n) is 6.58. The molecular weight excluding hydrogens is 342 g/mol. The molecule has 0 atom stereocenters. The monoisotopic (exact) mass is 365 g/mol. The van der Waals surface area contributed by atoms with Crippen LogP contribution in [0, 0.1) is 13.8 Å². The van der Waals surface area contributed by atoms with E-state index in [1.54, 1.807) is 19.3 Å². The van der Waals surface area contributed by atoms with Crippen LogP contribution in [0.25, 0.3) is 11.4 Å². The van der Waals surface area contributed by atoms with Crippen LogP contribution < -0.4 is 15.6 Å². The minimum atomic E-state index is -0.128. The SMILES string of the molecule is Cc1nc(-c2ccc(NCc3ccc(OC(C)C)nc3)nc2)[nH]c(=O)c1C. The van der Waals surface area contributed by atoms with Crippen molar-refractivity contribution in [2.75, 3.05) is 5.32 Å². The Morgan fingerprint density at radius 1 is 1.11 bits per heavy atom. The third-order valence-electron chi connectivity index (χ3n) is 4.06. The number of aromatic nitrogens is 4. The first-order chi connectivity index (χ1) is 12.9. The summed E-state index contributed by atoms with van der Waals surface area (Å²) in [6.07, 6.45) is 3.57. The van der Waals surface area contributed by atoms with Crippen molar-refractivity contribution in [2.24, 2.45) is 0 Å². The lowest BCUT2D eigenvalue weighted by Crippen LogP contribution is -2.14. The second-order valence-corrected chi connectivity index (χ2v) is 6.58. The Morgan fingerprint density at radius 3 is 2.52 bits per heavy atom. The average molecular weight is 365 g/mol. The quantitative estimate of drug-likeness (QED) is 0.697. The van der Waals surface area contributed by atoms with Gasteiger partial charge in [0.1, 0.15) is 11.6 Å². The summed E-state index contributed by atoms with van der Waals surface area (Å²) in [7, 11) is 0. The van der Waals surface area contributed by atoms with Gasteiger partial charge in [0.05, 0.1) is 6.10 Å². The molecule has 0 unspecified atom stereocenters. The molecule has 3 heterocycles. The zero-order valence-electron chi connectivity index (χ0n) is 15.9. The molecule has 0 aromatic carbocycles. The molecule has 2 N–H and O–H groups in total. The Bertz CT molecular complexity index is 963. The minimum Gasteiger partial charge on any atom is -0.475 e. The van der Waals surface area contributed by atoms with Gasteiger partial charge in [-0.15, -0.1) is 0 Å². The van der Waals surface area contributed by atoms with E-state index < -0.39 is 0 Å². The van der Waals surface area contributed by atoms with Crippen molar-refractivity contribution in [2.45, 2.75) is 40.3 Å². The molecule has 7 heteroatoms. The molecule has 0 saturated carbocycles. The van der Waals surface area contributed by atoms with Gasteiger partial charge in [-0.25, -0.2) is 15.0 Å². The van der Waals surface area contributed by atoms with E-state index in [9.17, 15) is 4.79 Å². The van der Waals surface area contributed by atoms with E-state index in [2.05, 4.69) is 25.3 Å². The van der Waals surface area contributed by atoms with Crippen LogP contribution in [-0.4, -0.2) is 26.0 Å². The molecule has 27 heavy (non-hydrogen) atoms. The number of aromatic amines is 1. The minimum absolute atomic E-state index is 0.103. The van der Waals surface area contributed by atoms with Crippen LogP contribution in [0.4, 0.5) is 5.82 Å². The molecule has 0 spiro atoms. The van der Waals surface area contributed by atoms with Gasteiger partial charge in [-0.2, -0.15) is 0 Å². The topological polar surface area (TPSA) is 92.8 Å². The highest BCUT2D eigenvalue weighted by atomic mass is 16.5. The van der Waals surface area contributed by atoms with E-state index in [1.165, 1.54) is 0 Å². The summed E-state index contributed by atoms with van der Waals surface area (Å²) in [5.74, 6) is 1.87. The first-order valence-electron chi connectivity index (χ1n) is 8.82. The fourth-order valence-electron chi connectivity index (χ4n) is 2.44. The van der Waals surface area contributed by atoms with Gasteiger partial charge in [0, 0.05) is 41.8 Å². The molecule has 0 bridgehead atoms. The fourth-order valence-corrected chi connectivity index (χ4v) is 2.44. The van der Waals surface area contributed by atoms with Crippen molar-refractivity contribution in [1.82, 2.24) is 19.9 Å². The summed E-state index contributed by atoms with van der Waals surface area (Å²) in [5, 5.41) is 3.25. The van der Waals surface area contributed by atoms with Gasteiger partial charge in [0.25, 0.3) is 5.56 Å². The van der Waals surface area contributed by atoms with Gasteiger partial charge in [0.15, 0.2) is 0 Å². The smallest absolute Gasteiger partial charge is 0.254 e. The number of hydrogen-bond acceptors (Lipinski definition) is 6. The third-order valence-corrected chi connectivity index (χ3v) is 4.06. The number of nitrogens with one attached hydrogen (secondary N) is 2. The number of rotatable bonds is 6. The lowest BCUT2D eigenvalue weighted by Gasteiger charge is -2.10. The Kier molecular flexibility index (Phi) is 5.49. The maximum atomic E-state index is 11.9. The Labute approximate surface area is 157 Å². The lowest BCUT2D eigenvalue weighted by atomic mass is 10.2. The molecule has 3 aromatic heterocycles. The first kappa shape index (κ1) is 18.6. The summed E-state index contributed by atoms with van der Waals surface area (Å²) in [6, 6.07) is 7.56. The Morgan fingerprint density at radius 2 is 1.93 bits per heavy atom. The van der Waals surface area contributed by atoms with Crippen LogP contribution in [0.5, 0.6) is 5.88 Å². The Hall–Kier alpha value is -3.22. The van der Waals surface area contributed by atoms with Gasteiger partial charge >= 0.3 is 0 Å².